The Morgan fingerprint density at radius 2 is 2.32 bits per heavy atom. The van der Waals surface area contributed by atoms with E-state index < -0.39 is 5.97 Å². The maximum absolute atomic E-state index is 11.5. The minimum atomic E-state index is -0.406. The van der Waals surface area contributed by atoms with Crippen LogP contribution in [0.15, 0.2) is 10.5 Å². The average Bonchev–Trinajstić information content (AvgIpc) is 2.67. The minimum Gasteiger partial charge on any atom is -0.463 e. The van der Waals surface area contributed by atoms with E-state index in [4.69, 9.17) is 9.15 Å². The Balaban J connectivity index is 2.06. The monoisotopic (exact) mass is 266 g/mol. The molecule has 0 radical (unpaired) electrons. The lowest BCUT2D eigenvalue weighted by atomic mass is 10.1. The van der Waals surface area contributed by atoms with Crippen LogP contribution >= 0.6 is 0 Å². The van der Waals surface area contributed by atoms with Crippen molar-refractivity contribution in [3.05, 3.63) is 23.2 Å². The van der Waals surface area contributed by atoms with Gasteiger partial charge in [0, 0.05) is 24.7 Å². The van der Waals surface area contributed by atoms with Crippen LogP contribution in [0.3, 0.4) is 0 Å². The number of hydrogen-bond donors (Lipinski definition) is 1. The van der Waals surface area contributed by atoms with Crippen molar-refractivity contribution in [3.8, 4) is 0 Å². The third-order valence-corrected chi connectivity index (χ3v) is 3.49. The summed E-state index contributed by atoms with van der Waals surface area (Å²) in [7, 11) is 1.37. The van der Waals surface area contributed by atoms with E-state index in [9.17, 15) is 4.79 Å². The van der Waals surface area contributed by atoms with Gasteiger partial charge in [-0.05, 0) is 26.0 Å². The summed E-state index contributed by atoms with van der Waals surface area (Å²) in [6, 6.07) is 2.51. The van der Waals surface area contributed by atoms with Crippen LogP contribution in [0, 0.1) is 6.92 Å². The summed E-state index contributed by atoms with van der Waals surface area (Å²) in [6.45, 7) is 7.89. The highest BCUT2D eigenvalue weighted by Crippen LogP contribution is 2.19. The summed E-state index contributed by atoms with van der Waals surface area (Å²) in [5.41, 5.74) is 0.838. The van der Waals surface area contributed by atoms with Crippen LogP contribution in [0.25, 0.3) is 0 Å². The molecule has 5 heteroatoms. The molecule has 19 heavy (non-hydrogen) atoms. The fourth-order valence-corrected chi connectivity index (χ4v) is 2.33. The molecule has 2 heterocycles. The second-order valence-electron chi connectivity index (χ2n) is 5.00. The first kappa shape index (κ1) is 14.1. The van der Waals surface area contributed by atoms with Crippen molar-refractivity contribution < 1.29 is 13.9 Å². The number of ether oxygens (including phenoxy) is 1. The van der Waals surface area contributed by atoms with Crippen LogP contribution in [-0.2, 0) is 11.3 Å². The first-order chi connectivity index (χ1) is 9.15. The second kappa shape index (κ2) is 6.21. The maximum atomic E-state index is 11.5. The molecule has 1 fully saturated rings. The summed E-state index contributed by atoms with van der Waals surface area (Å²) < 4.78 is 10.3. The van der Waals surface area contributed by atoms with Gasteiger partial charge in [0.15, 0.2) is 0 Å². The second-order valence-corrected chi connectivity index (χ2v) is 5.00. The highest BCUT2D eigenvalue weighted by Gasteiger charge is 2.25. The predicted octanol–water partition coefficient (Wildman–Crippen LogP) is 1.56. The van der Waals surface area contributed by atoms with Crippen molar-refractivity contribution in [1.29, 1.82) is 0 Å². The number of methoxy groups -OCH3 is 1. The molecule has 0 amide bonds. The molecule has 0 atom stereocenters. The third kappa shape index (κ3) is 3.16. The molecular weight excluding hydrogens is 244 g/mol. The molecule has 1 saturated heterocycles. The Labute approximate surface area is 113 Å². The summed E-state index contributed by atoms with van der Waals surface area (Å²) in [6.07, 6.45) is 1.11. The van der Waals surface area contributed by atoms with Crippen LogP contribution in [0.5, 0.6) is 0 Å². The summed E-state index contributed by atoms with van der Waals surface area (Å²) in [5, 5.41) is 3.28. The SMILES string of the molecule is CCCN(Cc1cc(C)c(C(=O)OC)o1)C1CNC1. The molecule has 1 aromatic heterocycles. The number of esters is 1. The Morgan fingerprint density at radius 3 is 2.84 bits per heavy atom. The Kier molecular flexibility index (Phi) is 4.61. The minimum absolute atomic E-state index is 0.320. The van der Waals surface area contributed by atoms with Crippen LogP contribution in [-0.4, -0.2) is 43.7 Å². The number of rotatable bonds is 6. The Hall–Kier alpha value is -1.33. The number of hydrogen-bond acceptors (Lipinski definition) is 5. The van der Waals surface area contributed by atoms with Gasteiger partial charge in [-0.2, -0.15) is 0 Å². The van der Waals surface area contributed by atoms with Crippen LogP contribution in [0.2, 0.25) is 0 Å². The van der Waals surface area contributed by atoms with Crippen molar-refractivity contribution in [2.45, 2.75) is 32.9 Å². The van der Waals surface area contributed by atoms with E-state index in [2.05, 4.69) is 17.1 Å². The van der Waals surface area contributed by atoms with E-state index in [-0.39, 0.29) is 0 Å². The van der Waals surface area contributed by atoms with Gasteiger partial charge < -0.3 is 14.5 Å². The molecule has 1 aliphatic heterocycles. The van der Waals surface area contributed by atoms with E-state index in [1.165, 1.54) is 7.11 Å². The Bertz CT molecular complexity index is 438. The highest BCUT2D eigenvalue weighted by molar-refractivity contribution is 5.87. The highest BCUT2D eigenvalue weighted by atomic mass is 16.5. The van der Waals surface area contributed by atoms with Gasteiger partial charge in [0.25, 0.3) is 0 Å². The number of furan rings is 1. The van der Waals surface area contributed by atoms with Crippen LogP contribution < -0.4 is 5.32 Å². The van der Waals surface area contributed by atoms with Gasteiger partial charge in [0.05, 0.1) is 13.7 Å². The molecule has 0 unspecified atom stereocenters. The molecule has 0 aromatic carbocycles. The number of carbonyl (C=O) groups is 1. The Morgan fingerprint density at radius 1 is 1.58 bits per heavy atom. The lowest BCUT2D eigenvalue weighted by molar-refractivity contribution is 0.0557. The van der Waals surface area contributed by atoms with Crippen LogP contribution in [0.1, 0.15) is 35.2 Å². The van der Waals surface area contributed by atoms with Crippen molar-refractivity contribution >= 4 is 5.97 Å². The van der Waals surface area contributed by atoms with Gasteiger partial charge in [-0.1, -0.05) is 6.92 Å². The molecule has 0 bridgehead atoms. The zero-order valence-electron chi connectivity index (χ0n) is 11.9. The normalized spacial score (nSPS) is 15.6. The smallest absolute Gasteiger partial charge is 0.374 e. The maximum Gasteiger partial charge on any atom is 0.374 e. The van der Waals surface area contributed by atoms with Gasteiger partial charge in [-0.3, -0.25) is 4.90 Å². The zero-order chi connectivity index (χ0) is 13.8. The van der Waals surface area contributed by atoms with Crippen molar-refractivity contribution in [2.24, 2.45) is 0 Å². The fraction of sp³-hybridized carbons (Fsp3) is 0.643. The van der Waals surface area contributed by atoms with E-state index >= 15 is 0 Å². The van der Waals surface area contributed by atoms with E-state index in [0.29, 0.717) is 11.8 Å². The molecule has 5 nitrogen and oxygen atoms in total. The van der Waals surface area contributed by atoms with Crippen molar-refractivity contribution in [2.75, 3.05) is 26.7 Å². The molecule has 0 saturated carbocycles. The number of nitrogens with one attached hydrogen (secondary N) is 1. The molecule has 1 aliphatic rings. The first-order valence-electron chi connectivity index (χ1n) is 6.78. The topological polar surface area (TPSA) is 54.7 Å². The van der Waals surface area contributed by atoms with Gasteiger partial charge in [0.2, 0.25) is 5.76 Å². The lowest BCUT2D eigenvalue weighted by Gasteiger charge is -2.37. The molecular formula is C14H22N2O3. The van der Waals surface area contributed by atoms with Crippen LogP contribution in [0.4, 0.5) is 0 Å². The van der Waals surface area contributed by atoms with E-state index in [0.717, 1.165) is 43.9 Å². The lowest BCUT2D eigenvalue weighted by Crippen LogP contribution is -2.56. The number of nitrogens with zero attached hydrogens (tertiary/aromatic N) is 1. The summed E-state index contributed by atoms with van der Waals surface area (Å²) in [5.74, 6) is 0.745. The quantitative estimate of drug-likeness (QED) is 0.792. The number of aryl methyl sites for hydroxylation is 1. The largest absolute Gasteiger partial charge is 0.463 e. The standard InChI is InChI=1S/C14H22N2O3/c1-4-5-16(11-7-15-8-11)9-12-6-10(2)13(19-12)14(17)18-3/h6,11,15H,4-5,7-9H2,1-3H3. The molecule has 1 aromatic rings. The summed E-state index contributed by atoms with van der Waals surface area (Å²) >= 11 is 0. The fourth-order valence-electron chi connectivity index (χ4n) is 2.33. The first-order valence-corrected chi connectivity index (χ1v) is 6.78. The van der Waals surface area contributed by atoms with Gasteiger partial charge >= 0.3 is 5.97 Å². The molecule has 106 valence electrons. The van der Waals surface area contributed by atoms with Gasteiger partial charge in [-0.15, -0.1) is 0 Å². The molecule has 0 spiro atoms. The molecule has 2 rings (SSSR count). The zero-order valence-corrected chi connectivity index (χ0v) is 11.9. The van der Waals surface area contributed by atoms with Gasteiger partial charge in [-0.25, -0.2) is 4.79 Å². The number of carbonyl (C=O) groups excluding carboxylic acids is 1. The average molecular weight is 266 g/mol. The van der Waals surface area contributed by atoms with E-state index in [1.54, 1.807) is 0 Å². The third-order valence-electron chi connectivity index (χ3n) is 3.49. The molecule has 1 N–H and O–H groups in total. The predicted molar refractivity (Wildman–Crippen MR) is 72.1 cm³/mol. The van der Waals surface area contributed by atoms with E-state index in [1.807, 2.05) is 13.0 Å². The molecule has 0 aliphatic carbocycles. The summed E-state index contributed by atoms with van der Waals surface area (Å²) in [4.78, 5) is 13.9. The van der Waals surface area contributed by atoms with Crippen molar-refractivity contribution in [1.82, 2.24) is 10.2 Å². The van der Waals surface area contributed by atoms with Gasteiger partial charge in [0.1, 0.15) is 5.76 Å². The van der Waals surface area contributed by atoms with Crippen molar-refractivity contribution in [3.63, 3.8) is 0 Å².